The Labute approximate surface area is 110 Å². The highest BCUT2D eigenvalue weighted by atomic mass is 16.5. The van der Waals surface area contributed by atoms with Gasteiger partial charge < -0.3 is 15.0 Å². The number of hydrogen-bond donors (Lipinski definition) is 1. The fourth-order valence-electron chi connectivity index (χ4n) is 2.46. The molecule has 1 aliphatic heterocycles. The molecule has 18 heavy (non-hydrogen) atoms. The Kier molecular flexibility index (Phi) is 4.88. The molecule has 1 unspecified atom stereocenters. The molecule has 0 bridgehead atoms. The van der Waals surface area contributed by atoms with E-state index in [0.717, 1.165) is 32.0 Å². The van der Waals surface area contributed by atoms with Gasteiger partial charge in [0.1, 0.15) is 5.75 Å². The average molecular weight is 248 g/mol. The lowest BCUT2D eigenvalue weighted by atomic mass is 10.1. The van der Waals surface area contributed by atoms with Crippen LogP contribution >= 0.6 is 0 Å². The monoisotopic (exact) mass is 248 g/mol. The van der Waals surface area contributed by atoms with Crippen molar-refractivity contribution in [2.45, 2.75) is 32.7 Å². The second kappa shape index (κ2) is 6.64. The van der Waals surface area contributed by atoms with E-state index in [1.54, 1.807) is 0 Å². The zero-order valence-corrected chi connectivity index (χ0v) is 11.5. The van der Waals surface area contributed by atoms with E-state index in [0.29, 0.717) is 6.04 Å². The Bertz CT molecular complexity index is 350. The van der Waals surface area contributed by atoms with E-state index < -0.39 is 0 Å². The van der Waals surface area contributed by atoms with Crippen LogP contribution in [0.25, 0.3) is 0 Å². The minimum Gasteiger partial charge on any atom is -0.494 e. The van der Waals surface area contributed by atoms with Gasteiger partial charge in [-0.25, -0.2) is 0 Å². The molecule has 0 radical (unpaired) electrons. The molecule has 1 heterocycles. The van der Waals surface area contributed by atoms with Gasteiger partial charge in [-0.3, -0.25) is 0 Å². The maximum Gasteiger partial charge on any atom is 0.119 e. The summed E-state index contributed by atoms with van der Waals surface area (Å²) >= 11 is 0. The van der Waals surface area contributed by atoms with E-state index in [1.165, 1.54) is 18.5 Å². The summed E-state index contributed by atoms with van der Waals surface area (Å²) in [7, 11) is 0. The van der Waals surface area contributed by atoms with Crippen molar-refractivity contribution in [1.29, 1.82) is 0 Å². The third-order valence-corrected chi connectivity index (χ3v) is 3.57. The van der Waals surface area contributed by atoms with Crippen molar-refractivity contribution in [2.75, 3.05) is 31.1 Å². The van der Waals surface area contributed by atoms with Crippen LogP contribution in [0.3, 0.4) is 0 Å². The first-order valence-corrected chi connectivity index (χ1v) is 7.04. The van der Waals surface area contributed by atoms with E-state index in [4.69, 9.17) is 4.74 Å². The molecule has 0 spiro atoms. The molecule has 0 amide bonds. The lowest BCUT2D eigenvalue weighted by Gasteiger charge is -2.22. The van der Waals surface area contributed by atoms with E-state index in [1.807, 2.05) is 6.92 Å². The second-order valence-corrected chi connectivity index (χ2v) is 4.76. The van der Waals surface area contributed by atoms with Gasteiger partial charge in [0.2, 0.25) is 0 Å². The van der Waals surface area contributed by atoms with Gasteiger partial charge in [0.05, 0.1) is 6.61 Å². The molecule has 0 aliphatic carbocycles. The summed E-state index contributed by atoms with van der Waals surface area (Å²) in [5, 5.41) is 3.60. The highest BCUT2D eigenvalue weighted by Gasteiger charge is 2.15. The molecule has 1 N–H and O–H groups in total. The van der Waals surface area contributed by atoms with Crippen LogP contribution in [0.4, 0.5) is 5.69 Å². The number of benzene rings is 1. The van der Waals surface area contributed by atoms with Gasteiger partial charge in [0.15, 0.2) is 0 Å². The van der Waals surface area contributed by atoms with Gasteiger partial charge in [-0.1, -0.05) is 6.92 Å². The molecule has 0 saturated carbocycles. The molecule has 100 valence electrons. The smallest absolute Gasteiger partial charge is 0.119 e. The number of ether oxygens (including phenoxy) is 1. The van der Waals surface area contributed by atoms with Crippen LogP contribution in [0.1, 0.15) is 26.7 Å². The molecule has 0 aromatic heterocycles. The van der Waals surface area contributed by atoms with Gasteiger partial charge >= 0.3 is 0 Å². The van der Waals surface area contributed by atoms with Crippen molar-refractivity contribution in [2.24, 2.45) is 0 Å². The van der Waals surface area contributed by atoms with Gasteiger partial charge in [-0.05, 0) is 44.0 Å². The maximum absolute atomic E-state index is 5.48. The second-order valence-electron chi connectivity index (χ2n) is 4.76. The summed E-state index contributed by atoms with van der Waals surface area (Å²) in [6.07, 6.45) is 2.45. The predicted octanol–water partition coefficient (Wildman–Crippen LogP) is 2.66. The van der Waals surface area contributed by atoms with E-state index in [-0.39, 0.29) is 0 Å². The zero-order valence-electron chi connectivity index (χ0n) is 11.5. The van der Waals surface area contributed by atoms with Gasteiger partial charge in [0, 0.05) is 31.4 Å². The quantitative estimate of drug-likeness (QED) is 0.886. The fourth-order valence-corrected chi connectivity index (χ4v) is 2.46. The summed E-state index contributed by atoms with van der Waals surface area (Å²) in [6, 6.07) is 9.13. The SMILES string of the molecule is CCOc1ccc(N2CCNC(CC)CC2)cc1. The van der Waals surface area contributed by atoms with E-state index in [9.17, 15) is 0 Å². The first-order chi connectivity index (χ1) is 8.83. The topological polar surface area (TPSA) is 24.5 Å². The summed E-state index contributed by atoms with van der Waals surface area (Å²) < 4.78 is 5.48. The number of nitrogens with zero attached hydrogens (tertiary/aromatic N) is 1. The fraction of sp³-hybridized carbons (Fsp3) is 0.600. The Morgan fingerprint density at radius 3 is 2.67 bits per heavy atom. The number of hydrogen-bond acceptors (Lipinski definition) is 3. The normalized spacial score (nSPS) is 20.6. The highest BCUT2D eigenvalue weighted by Crippen LogP contribution is 2.20. The van der Waals surface area contributed by atoms with Crippen LogP contribution in [-0.4, -0.2) is 32.3 Å². The minimum atomic E-state index is 0.678. The number of nitrogens with one attached hydrogen (secondary N) is 1. The van der Waals surface area contributed by atoms with Crippen molar-refractivity contribution in [3.8, 4) is 5.75 Å². The maximum atomic E-state index is 5.48. The molecular formula is C15H24N2O. The third kappa shape index (κ3) is 3.39. The van der Waals surface area contributed by atoms with Crippen LogP contribution < -0.4 is 15.0 Å². The molecule has 2 rings (SSSR count). The third-order valence-electron chi connectivity index (χ3n) is 3.57. The molecular weight excluding hydrogens is 224 g/mol. The molecule has 1 atom stereocenters. The van der Waals surface area contributed by atoms with Crippen molar-refractivity contribution >= 4 is 5.69 Å². The molecule has 1 aromatic carbocycles. The van der Waals surface area contributed by atoms with E-state index in [2.05, 4.69) is 41.4 Å². The van der Waals surface area contributed by atoms with Crippen LogP contribution in [0.5, 0.6) is 5.75 Å². The molecule has 1 aromatic rings. The molecule has 3 heteroatoms. The van der Waals surface area contributed by atoms with Gasteiger partial charge in [0.25, 0.3) is 0 Å². The molecule has 1 saturated heterocycles. The summed E-state index contributed by atoms with van der Waals surface area (Å²) in [4.78, 5) is 2.46. The van der Waals surface area contributed by atoms with Crippen molar-refractivity contribution in [3.05, 3.63) is 24.3 Å². The van der Waals surface area contributed by atoms with Crippen LogP contribution in [-0.2, 0) is 0 Å². The summed E-state index contributed by atoms with van der Waals surface area (Å²) in [5.41, 5.74) is 1.30. The molecule has 3 nitrogen and oxygen atoms in total. The molecule has 1 fully saturated rings. The summed E-state index contributed by atoms with van der Waals surface area (Å²) in [6.45, 7) is 8.30. The van der Waals surface area contributed by atoms with E-state index >= 15 is 0 Å². The minimum absolute atomic E-state index is 0.678. The van der Waals surface area contributed by atoms with Crippen LogP contribution in [0, 0.1) is 0 Å². The van der Waals surface area contributed by atoms with Crippen LogP contribution in [0.15, 0.2) is 24.3 Å². The highest BCUT2D eigenvalue weighted by molar-refractivity contribution is 5.49. The zero-order chi connectivity index (χ0) is 12.8. The van der Waals surface area contributed by atoms with Gasteiger partial charge in [-0.15, -0.1) is 0 Å². The van der Waals surface area contributed by atoms with Crippen molar-refractivity contribution < 1.29 is 4.74 Å². The largest absolute Gasteiger partial charge is 0.494 e. The predicted molar refractivity (Wildman–Crippen MR) is 76.5 cm³/mol. The first kappa shape index (κ1) is 13.2. The Hall–Kier alpha value is -1.22. The standard InChI is InChI=1S/C15H24N2O/c1-3-13-9-11-17(12-10-16-13)14-5-7-15(8-6-14)18-4-2/h5-8,13,16H,3-4,9-12H2,1-2H3. The Morgan fingerprint density at radius 1 is 1.22 bits per heavy atom. The van der Waals surface area contributed by atoms with Crippen molar-refractivity contribution in [1.82, 2.24) is 5.32 Å². The van der Waals surface area contributed by atoms with Gasteiger partial charge in [-0.2, -0.15) is 0 Å². The van der Waals surface area contributed by atoms with Crippen LogP contribution in [0.2, 0.25) is 0 Å². The lowest BCUT2D eigenvalue weighted by molar-refractivity contribution is 0.340. The number of rotatable bonds is 4. The lowest BCUT2D eigenvalue weighted by Crippen LogP contribution is -2.29. The average Bonchev–Trinajstić information content (AvgIpc) is 2.65. The van der Waals surface area contributed by atoms with Crippen molar-refractivity contribution in [3.63, 3.8) is 0 Å². The number of anilines is 1. The Balaban J connectivity index is 1.98. The summed E-state index contributed by atoms with van der Waals surface area (Å²) in [5.74, 6) is 0.959. The first-order valence-electron chi connectivity index (χ1n) is 7.04. The molecule has 1 aliphatic rings. The Morgan fingerprint density at radius 2 is 2.00 bits per heavy atom.